The van der Waals surface area contributed by atoms with E-state index >= 15 is 0 Å². The largest absolute Gasteiger partial charge is 0.479 e. The van der Waals surface area contributed by atoms with Crippen LogP contribution in [0.2, 0.25) is 0 Å². The van der Waals surface area contributed by atoms with Crippen molar-refractivity contribution in [2.75, 3.05) is 24.6 Å². The Morgan fingerprint density at radius 2 is 2.44 bits per heavy atom. The fraction of sp³-hybridized carbons (Fsp3) is 0.333. The molecule has 0 amide bonds. The highest BCUT2D eigenvalue weighted by Gasteiger charge is 2.27. The first-order valence-electron chi connectivity index (χ1n) is 5.67. The monoisotopic (exact) mass is 264 g/mol. The summed E-state index contributed by atoms with van der Waals surface area (Å²) in [5.41, 5.74) is 0. The average Bonchev–Trinajstić information content (AvgIpc) is 2.87. The second-order valence-electron chi connectivity index (χ2n) is 4.11. The molecule has 0 aromatic carbocycles. The topological polar surface area (TPSA) is 62.7 Å². The van der Waals surface area contributed by atoms with Crippen molar-refractivity contribution in [1.29, 1.82) is 0 Å². The Hall–Kier alpha value is -1.66. The van der Waals surface area contributed by atoms with Gasteiger partial charge in [0, 0.05) is 22.8 Å². The predicted octanol–water partition coefficient (Wildman–Crippen LogP) is 1.59. The van der Waals surface area contributed by atoms with E-state index in [4.69, 9.17) is 9.84 Å². The highest BCUT2D eigenvalue weighted by molar-refractivity contribution is 7.17. The zero-order valence-electron chi connectivity index (χ0n) is 9.57. The van der Waals surface area contributed by atoms with Crippen LogP contribution in [-0.2, 0) is 9.53 Å². The standard InChI is InChI=1S/C12H12N2O3S/c15-12(16)9-7-14(4-5-17-9)11-8-2-6-18-10(8)1-3-13-11/h1-3,6,9H,4-5,7H2,(H,15,16). The number of fused-ring (bicyclic) bond motifs is 1. The van der Waals surface area contributed by atoms with Crippen molar-refractivity contribution in [2.24, 2.45) is 0 Å². The van der Waals surface area contributed by atoms with Gasteiger partial charge in [0.25, 0.3) is 0 Å². The summed E-state index contributed by atoms with van der Waals surface area (Å²) in [6, 6.07) is 3.99. The van der Waals surface area contributed by atoms with Gasteiger partial charge < -0.3 is 14.7 Å². The van der Waals surface area contributed by atoms with Crippen molar-refractivity contribution in [2.45, 2.75) is 6.10 Å². The van der Waals surface area contributed by atoms with E-state index in [1.165, 1.54) is 4.70 Å². The van der Waals surface area contributed by atoms with E-state index in [0.29, 0.717) is 19.7 Å². The number of aromatic nitrogens is 1. The van der Waals surface area contributed by atoms with Gasteiger partial charge in [0.2, 0.25) is 0 Å². The van der Waals surface area contributed by atoms with Gasteiger partial charge >= 0.3 is 5.97 Å². The Morgan fingerprint density at radius 1 is 1.56 bits per heavy atom. The quantitative estimate of drug-likeness (QED) is 0.892. The molecule has 1 fully saturated rings. The Morgan fingerprint density at radius 3 is 3.28 bits per heavy atom. The lowest BCUT2D eigenvalue weighted by atomic mass is 10.2. The molecule has 5 nitrogen and oxygen atoms in total. The lowest BCUT2D eigenvalue weighted by Crippen LogP contribution is -2.46. The number of aliphatic carboxylic acids is 1. The maximum atomic E-state index is 11.0. The van der Waals surface area contributed by atoms with Crippen molar-refractivity contribution in [1.82, 2.24) is 4.98 Å². The first-order chi connectivity index (χ1) is 8.75. The number of anilines is 1. The van der Waals surface area contributed by atoms with Gasteiger partial charge in [-0.15, -0.1) is 11.3 Å². The third-order valence-corrected chi connectivity index (χ3v) is 3.88. The van der Waals surface area contributed by atoms with E-state index in [-0.39, 0.29) is 0 Å². The second kappa shape index (κ2) is 4.55. The number of thiophene rings is 1. The second-order valence-corrected chi connectivity index (χ2v) is 5.06. The normalized spacial score (nSPS) is 20.2. The molecule has 2 aromatic rings. The molecule has 0 bridgehead atoms. The van der Waals surface area contributed by atoms with Crippen LogP contribution in [0.25, 0.3) is 10.1 Å². The summed E-state index contributed by atoms with van der Waals surface area (Å²) < 4.78 is 6.38. The molecule has 3 rings (SSSR count). The van der Waals surface area contributed by atoms with Crippen LogP contribution >= 0.6 is 11.3 Å². The van der Waals surface area contributed by atoms with Crippen LogP contribution in [0.1, 0.15) is 0 Å². The molecule has 3 heterocycles. The zero-order valence-corrected chi connectivity index (χ0v) is 10.4. The molecule has 0 saturated carbocycles. The first-order valence-corrected chi connectivity index (χ1v) is 6.55. The molecule has 1 saturated heterocycles. The van der Waals surface area contributed by atoms with Crippen molar-refractivity contribution >= 4 is 33.2 Å². The molecule has 1 unspecified atom stereocenters. The lowest BCUT2D eigenvalue weighted by Gasteiger charge is -2.32. The summed E-state index contributed by atoms with van der Waals surface area (Å²) in [6.45, 7) is 1.43. The summed E-state index contributed by atoms with van der Waals surface area (Å²) in [7, 11) is 0. The van der Waals surface area contributed by atoms with Crippen LogP contribution < -0.4 is 4.90 Å². The molecule has 2 aromatic heterocycles. The molecule has 94 valence electrons. The van der Waals surface area contributed by atoms with Gasteiger partial charge in [0.15, 0.2) is 6.10 Å². The number of nitrogens with zero attached hydrogens (tertiary/aromatic N) is 2. The van der Waals surface area contributed by atoms with Crippen LogP contribution in [0, 0.1) is 0 Å². The average molecular weight is 264 g/mol. The number of carboxylic acids is 1. The SMILES string of the molecule is O=C(O)C1CN(c2nccc3sccc23)CCO1. The van der Waals surface area contributed by atoms with Gasteiger partial charge in [-0.1, -0.05) is 0 Å². The molecule has 6 heteroatoms. The van der Waals surface area contributed by atoms with Crippen LogP contribution in [-0.4, -0.2) is 41.9 Å². The summed E-state index contributed by atoms with van der Waals surface area (Å²) in [4.78, 5) is 17.3. The highest BCUT2D eigenvalue weighted by Crippen LogP contribution is 2.29. The van der Waals surface area contributed by atoms with Crippen molar-refractivity contribution in [3.8, 4) is 0 Å². The summed E-state index contributed by atoms with van der Waals surface area (Å²) in [5, 5.41) is 12.1. The highest BCUT2D eigenvalue weighted by atomic mass is 32.1. The Kier molecular flexibility index (Phi) is 2.89. The molecule has 0 spiro atoms. The molecule has 1 aliphatic heterocycles. The molecule has 1 N–H and O–H groups in total. The third kappa shape index (κ3) is 1.93. The molecule has 18 heavy (non-hydrogen) atoms. The van der Waals surface area contributed by atoms with Gasteiger partial charge in [0.1, 0.15) is 5.82 Å². The van der Waals surface area contributed by atoms with Gasteiger partial charge in [-0.25, -0.2) is 9.78 Å². The number of pyridine rings is 1. The molecule has 1 atom stereocenters. The van der Waals surface area contributed by atoms with E-state index < -0.39 is 12.1 Å². The number of morpholine rings is 1. The summed E-state index contributed by atoms with van der Waals surface area (Å²) in [6.07, 6.45) is 0.994. The lowest BCUT2D eigenvalue weighted by molar-refractivity contribution is -0.150. The minimum absolute atomic E-state index is 0.345. The Balaban J connectivity index is 1.94. The minimum atomic E-state index is -0.919. The number of ether oxygens (including phenoxy) is 1. The van der Waals surface area contributed by atoms with Gasteiger partial charge in [-0.2, -0.15) is 0 Å². The van der Waals surface area contributed by atoms with E-state index in [1.54, 1.807) is 17.5 Å². The van der Waals surface area contributed by atoms with Crippen LogP contribution in [0.5, 0.6) is 0 Å². The van der Waals surface area contributed by atoms with Crippen LogP contribution in [0.4, 0.5) is 5.82 Å². The number of rotatable bonds is 2. The first kappa shape index (κ1) is 11.4. The van der Waals surface area contributed by atoms with E-state index in [1.807, 2.05) is 22.4 Å². The van der Waals surface area contributed by atoms with E-state index in [9.17, 15) is 4.79 Å². The maximum Gasteiger partial charge on any atom is 0.334 e. The fourth-order valence-corrected chi connectivity index (χ4v) is 2.90. The van der Waals surface area contributed by atoms with Crippen LogP contribution in [0.15, 0.2) is 23.7 Å². The molecular weight excluding hydrogens is 252 g/mol. The summed E-state index contributed by atoms with van der Waals surface area (Å²) >= 11 is 1.66. The third-order valence-electron chi connectivity index (χ3n) is 3.00. The van der Waals surface area contributed by atoms with Gasteiger partial charge in [-0.3, -0.25) is 0 Å². The fourth-order valence-electron chi connectivity index (χ4n) is 2.12. The number of carbonyl (C=O) groups is 1. The van der Waals surface area contributed by atoms with Crippen molar-refractivity contribution in [3.63, 3.8) is 0 Å². The molecule has 0 aliphatic carbocycles. The van der Waals surface area contributed by atoms with Gasteiger partial charge in [-0.05, 0) is 17.5 Å². The number of hydrogen-bond acceptors (Lipinski definition) is 5. The number of hydrogen-bond donors (Lipinski definition) is 1. The zero-order chi connectivity index (χ0) is 12.5. The number of carboxylic acid groups (broad SMARTS) is 1. The smallest absolute Gasteiger partial charge is 0.334 e. The minimum Gasteiger partial charge on any atom is -0.479 e. The maximum absolute atomic E-state index is 11.0. The van der Waals surface area contributed by atoms with Gasteiger partial charge in [0.05, 0.1) is 13.2 Å². The molecular formula is C12H12N2O3S. The van der Waals surface area contributed by atoms with Crippen LogP contribution in [0.3, 0.4) is 0 Å². The summed E-state index contributed by atoms with van der Waals surface area (Å²) in [5.74, 6) is -0.0690. The van der Waals surface area contributed by atoms with Crippen molar-refractivity contribution < 1.29 is 14.6 Å². The molecule has 1 aliphatic rings. The molecule has 0 radical (unpaired) electrons. The predicted molar refractivity (Wildman–Crippen MR) is 69.2 cm³/mol. The van der Waals surface area contributed by atoms with Crippen molar-refractivity contribution in [3.05, 3.63) is 23.7 Å². The Bertz CT molecular complexity index is 583. The van der Waals surface area contributed by atoms with E-state index in [2.05, 4.69) is 4.98 Å². The Labute approximate surface area is 108 Å². The van der Waals surface area contributed by atoms with E-state index in [0.717, 1.165) is 11.2 Å².